The lowest BCUT2D eigenvalue weighted by molar-refractivity contribution is 0.0524. The Morgan fingerprint density at radius 3 is 2.19 bits per heavy atom. The highest BCUT2D eigenvalue weighted by molar-refractivity contribution is 5.99. The van der Waals surface area contributed by atoms with Crippen LogP contribution in [0.25, 0.3) is 11.3 Å². The maximum atomic E-state index is 11.4. The fraction of sp³-hybridized carbons (Fsp3) is 0.200. The second-order valence-corrected chi connectivity index (χ2v) is 5.45. The summed E-state index contributed by atoms with van der Waals surface area (Å²) < 4.78 is 4.79. The van der Waals surface area contributed by atoms with E-state index in [1.165, 1.54) is 25.8 Å². The highest BCUT2D eigenvalue weighted by Crippen LogP contribution is 2.19. The van der Waals surface area contributed by atoms with E-state index in [9.17, 15) is 9.59 Å². The largest absolute Gasteiger partial charge is 0.462 e. The SMILES string of the molecule is CC(=O)c1cncnc1-c1ccccc1.CCOC(=O)c1cncnc1C. The normalized spacial score (nSPS) is 9.74. The van der Waals surface area contributed by atoms with Crippen molar-refractivity contribution in [1.82, 2.24) is 19.9 Å². The molecule has 2 aromatic heterocycles. The molecule has 0 saturated carbocycles. The molecule has 3 rings (SSSR count). The van der Waals surface area contributed by atoms with Crippen LogP contribution in [0, 0.1) is 6.92 Å². The molecule has 0 radical (unpaired) electrons. The molecular formula is C20H20N4O3. The third-order valence-electron chi connectivity index (χ3n) is 3.55. The fourth-order valence-electron chi connectivity index (χ4n) is 2.21. The molecule has 138 valence electrons. The monoisotopic (exact) mass is 364 g/mol. The number of ether oxygens (including phenoxy) is 1. The van der Waals surface area contributed by atoms with Crippen LogP contribution >= 0.6 is 0 Å². The summed E-state index contributed by atoms with van der Waals surface area (Å²) in [5, 5.41) is 0. The van der Waals surface area contributed by atoms with Crippen LogP contribution in [0.5, 0.6) is 0 Å². The molecule has 27 heavy (non-hydrogen) atoms. The van der Waals surface area contributed by atoms with Gasteiger partial charge in [-0.2, -0.15) is 0 Å². The molecule has 7 nitrogen and oxygen atoms in total. The quantitative estimate of drug-likeness (QED) is 0.518. The Labute approximate surface area is 157 Å². The number of Topliss-reactive ketones (excluding diaryl/α,β-unsaturated/α-hetero) is 1. The number of nitrogens with zero attached hydrogens (tertiary/aromatic N) is 4. The van der Waals surface area contributed by atoms with Crippen molar-refractivity contribution >= 4 is 11.8 Å². The summed E-state index contributed by atoms with van der Waals surface area (Å²) in [5.41, 5.74) is 3.26. The van der Waals surface area contributed by atoms with Crippen molar-refractivity contribution in [1.29, 1.82) is 0 Å². The molecule has 0 saturated heterocycles. The number of esters is 1. The van der Waals surface area contributed by atoms with Crippen molar-refractivity contribution in [2.24, 2.45) is 0 Å². The van der Waals surface area contributed by atoms with Crippen LogP contribution in [0.1, 0.15) is 40.3 Å². The minimum absolute atomic E-state index is 0.0190. The van der Waals surface area contributed by atoms with Gasteiger partial charge in [-0.3, -0.25) is 4.79 Å². The minimum Gasteiger partial charge on any atom is -0.462 e. The van der Waals surface area contributed by atoms with E-state index in [0.717, 1.165) is 5.56 Å². The van der Waals surface area contributed by atoms with E-state index in [0.29, 0.717) is 29.1 Å². The third kappa shape index (κ3) is 5.50. The molecule has 3 aromatic rings. The van der Waals surface area contributed by atoms with Crippen molar-refractivity contribution in [3.8, 4) is 11.3 Å². The molecule has 0 aliphatic rings. The molecule has 0 bridgehead atoms. The zero-order valence-corrected chi connectivity index (χ0v) is 15.4. The first-order chi connectivity index (χ1) is 13.0. The topological polar surface area (TPSA) is 94.9 Å². The number of hydrogen-bond acceptors (Lipinski definition) is 7. The van der Waals surface area contributed by atoms with Crippen molar-refractivity contribution < 1.29 is 14.3 Å². The van der Waals surface area contributed by atoms with Gasteiger partial charge in [0.2, 0.25) is 0 Å². The van der Waals surface area contributed by atoms with Crippen LogP contribution in [0.15, 0.2) is 55.4 Å². The minimum atomic E-state index is -0.365. The van der Waals surface area contributed by atoms with E-state index >= 15 is 0 Å². The Kier molecular flexibility index (Phi) is 7.25. The summed E-state index contributed by atoms with van der Waals surface area (Å²) in [4.78, 5) is 38.1. The van der Waals surface area contributed by atoms with Gasteiger partial charge in [0.05, 0.1) is 29.1 Å². The van der Waals surface area contributed by atoms with Gasteiger partial charge in [-0.1, -0.05) is 30.3 Å². The van der Waals surface area contributed by atoms with Gasteiger partial charge in [0.15, 0.2) is 5.78 Å². The lowest BCUT2D eigenvalue weighted by atomic mass is 10.1. The predicted octanol–water partition coefficient (Wildman–Crippen LogP) is 3.31. The molecule has 1 aromatic carbocycles. The Hall–Kier alpha value is -3.48. The standard InChI is InChI=1S/C12H10N2O.C8H10N2O2/c1-9(15)11-7-13-8-14-12(11)10-5-3-2-4-6-10;1-3-12-8(11)7-4-9-5-10-6(7)2/h2-8H,1H3;4-5H,3H2,1-2H3. The molecule has 0 aliphatic heterocycles. The Balaban J connectivity index is 0.000000199. The Bertz CT molecular complexity index is 914. The van der Waals surface area contributed by atoms with Gasteiger partial charge in [-0.05, 0) is 20.8 Å². The van der Waals surface area contributed by atoms with E-state index < -0.39 is 0 Å². The van der Waals surface area contributed by atoms with Crippen molar-refractivity contribution in [3.63, 3.8) is 0 Å². The fourth-order valence-corrected chi connectivity index (χ4v) is 2.21. The van der Waals surface area contributed by atoms with Gasteiger partial charge in [0, 0.05) is 18.0 Å². The lowest BCUT2D eigenvalue weighted by Crippen LogP contribution is -2.08. The van der Waals surface area contributed by atoms with E-state index in [2.05, 4.69) is 19.9 Å². The molecule has 0 amide bonds. The maximum absolute atomic E-state index is 11.4. The van der Waals surface area contributed by atoms with Gasteiger partial charge in [0.25, 0.3) is 0 Å². The first kappa shape index (κ1) is 19.8. The highest BCUT2D eigenvalue weighted by atomic mass is 16.5. The first-order valence-corrected chi connectivity index (χ1v) is 8.34. The number of benzene rings is 1. The molecule has 0 unspecified atom stereocenters. The van der Waals surface area contributed by atoms with Crippen LogP contribution in [0.4, 0.5) is 0 Å². The van der Waals surface area contributed by atoms with Gasteiger partial charge in [0.1, 0.15) is 12.7 Å². The van der Waals surface area contributed by atoms with Crippen LogP contribution in [-0.2, 0) is 4.74 Å². The second kappa shape index (κ2) is 9.86. The van der Waals surface area contributed by atoms with Crippen LogP contribution in [0.2, 0.25) is 0 Å². The number of aromatic nitrogens is 4. The van der Waals surface area contributed by atoms with E-state index in [1.54, 1.807) is 20.0 Å². The van der Waals surface area contributed by atoms with Crippen LogP contribution in [0.3, 0.4) is 0 Å². The van der Waals surface area contributed by atoms with Crippen molar-refractivity contribution in [2.45, 2.75) is 20.8 Å². The maximum Gasteiger partial charge on any atom is 0.341 e. The number of rotatable bonds is 4. The number of aryl methyl sites for hydroxylation is 1. The van der Waals surface area contributed by atoms with E-state index in [1.807, 2.05) is 30.3 Å². The summed E-state index contributed by atoms with van der Waals surface area (Å²) in [6.45, 7) is 5.39. The summed E-state index contributed by atoms with van der Waals surface area (Å²) in [6, 6.07) is 9.62. The smallest absolute Gasteiger partial charge is 0.341 e. The average molecular weight is 364 g/mol. The molecular weight excluding hydrogens is 344 g/mol. The molecule has 0 fully saturated rings. The van der Waals surface area contributed by atoms with Crippen LogP contribution < -0.4 is 0 Å². The van der Waals surface area contributed by atoms with Crippen molar-refractivity contribution in [2.75, 3.05) is 6.61 Å². The average Bonchev–Trinajstić information content (AvgIpc) is 2.69. The number of carbonyl (C=O) groups excluding carboxylic acids is 2. The third-order valence-corrected chi connectivity index (χ3v) is 3.55. The molecule has 0 atom stereocenters. The first-order valence-electron chi connectivity index (χ1n) is 8.34. The molecule has 0 aliphatic carbocycles. The molecule has 0 N–H and O–H groups in total. The lowest BCUT2D eigenvalue weighted by Gasteiger charge is -2.04. The number of carbonyl (C=O) groups is 2. The molecule has 7 heteroatoms. The van der Waals surface area contributed by atoms with Gasteiger partial charge in [-0.25, -0.2) is 24.7 Å². The summed E-state index contributed by atoms with van der Waals surface area (Å²) in [6.07, 6.45) is 5.87. The predicted molar refractivity (Wildman–Crippen MR) is 100 cm³/mol. The number of ketones is 1. The van der Waals surface area contributed by atoms with Crippen molar-refractivity contribution in [3.05, 3.63) is 72.2 Å². The van der Waals surface area contributed by atoms with Gasteiger partial charge in [-0.15, -0.1) is 0 Å². The molecule has 0 spiro atoms. The van der Waals surface area contributed by atoms with Crippen LogP contribution in [-0.4, -0.2) is 38.3 Å². The number of hydrogen-bond donors (Lipinski definition) is 0. The Morgan fingerprint density at radius 2 is 1.59 bits per heavy atom. The second-order valence-electron chi connectivity index (χ2n) is 5.45. The summed E-state index contributed by atoms with van der Waals surface area (Å²) in [7, 11) is 0. The zero-order valence-electron chi connectivity index (χ0n) is 15.4. The summed E-state index contributed by atoms with van der Waals surface area (Å²) >= 11 is 0. The van der Waals surface area contributed by atoms with E-state index in [4.69, 9.17) is 4.74 Å². The highest BCUT2D eigenvalue weighted by Gasteiger charge is 2.10. The Morgan fingerprint density at radius 1 is 0.963 bits per heavy atom. The van der Waals surface area contributed by atoms with Gasteiger partial charge < -0.3 is 4.74 Å². The van der Waals surface area contributed by atoms with E-state index in [-0.39, 0.29) is 11.8 Å². The summed E-state index contributed by atoms with van der Waals surface area (Å²) in [5.74, 6) is -0.384. The molecule has 2 heterocycles. The van der Waals surface area contributed by atoms with Gasteiger partial charge >= 0.3 is 5.97 Å². The zero-order chi connectivity index (χ0) is 19.6.